The quantitative estimate of drug-likeness (QED) is 0.359. The fourth-order valence-corrected chi connectivity index (χ4v) is 3.99. The number of aromatic nitrogens is 2. The van der Waals surface area contributed by atoms with E-state index in [2.05, 4.69) is 40.2 Å². The lowest BCUT2D eigenvalue weighted by Gasteiger charge is -2.26. The SMILES string of the molecule is O=c1[nH]c2cc([N+](=O)[O-])ccc2c(=O)n1CCCCN1CC=C(c2ccccc2)CC1. The number of hydrogen-bond acceptors (Lipinski definition) is 5. The number of unbranched alkanes of at least 4 members (excludes halogenated alkanes) is 1. The molecule has 1 aliphatic rings. The Morgan fingerprint density at radius 1 is 1.03 bits per heavy atom. The third-order valence-corrected chi connectivity index (χ3v) is 5.72. The average molecular weight is 420 g/mol. The van der Waals surface area contributed by atoms with Gasteiger partial charge in [-0.3, -0.25) is 24.4 Å². The van der Waals surface area contributed by atoms with Crippen molar-refractivity contribution in [2.75, 3.05) is 19.6 Å². The summed E-state index contributed by atoms with van der Waals surface area (Å²) in [7, 11) is 0. The summed E-state index contributed by atoms with van der Waals surface area (Å²) in [5.41, 5.74) is 1.74. The first-order valence-electron chi connectivity index (χ1n) is 10.4. The second kappa shape index (κ2) is 9.09. The van der Waals surface area contributed by atoms with E-state index in [4.69, 9.17) is 0 Å². The topological polar surface area (TPSA) is 101 Å². The summed E-state index contributed by atoms with van der Waals surface area (Å²) >= 11 is 0. The molecule has 160 valence electrons. The van der Waals surface area contributed by atoms with Crippen molar-refractivity contribution in [3.8, 4) is 0 Å². The molecule has 0 saturated carbocycles. The molecule has 0 spiro atoms. The lowest BCUT2D eigenvalue weighted by Crippen LogP contribution is -2.35. The summed E-state index contributed by atoms with van der Waals surface area (Å²) in [5, 5.41) is 11.2. The first-order chi connectivity index (χ1) is 15.0. The number of rotatable bonds is 7. The van der Waals surface area contributed by atoms with E-state index in [1.165, 1.54) is 33.9 Å². The number of fused-ring (bicyclic) bond motifs is 1. The van der Waals surface area contributed by atoms with Crippen LogP contribution in [0.15, 0.2) is 64.2 Å². The van der Waals surface area contributed by atoms with Gasteiger partial charge in [-0.15, -0.1) is 0 Å². The molecule has 0 fully saturated rings. The van der Waals surface area contributed by atoms with E-state index >= 15 is 0 Å². The third kappa shape index (κ3) is 4.64. The molecule has 0 atom stereocenters. The maximum absolute atomic E-state index is 12.7. The lowest BCUT2D eigenvalue weighted by molar-refractivity contribution is -0.384. The van der Waals surface area contributed by atoms with Crippen molar-refractivity contribution in [2.45, 2.75) is 25.8 Å². The van der Waals surface area contributed by atoms with Crippen LogP contribution in [0, 0.1) is 10.1 Å². The van der Waals surface area contributed by atoms with Crippen molar-refractivity contribution in [3.05, 3.63) is 91.1 Å². The largest absolute Gasteiger partial charge is 0.328 e. The van der Waals surface area contributed by atoms with E-state index in [9.17, 15) is 19.7 Å². The predicted molar refractivity (Wildman–Crippen MR) is 120 cm³/mol. The number of aromatic amines is 1. The van der Waals surface area contributed by atoms with Crippen molar-refractivity contribution in [1.82, 2.24) is 14.5 Å². The molecule has 2 aromatic carbocycles. The van der Waals surface area contributed by atoms with Crippen LogP contribution in [0.2, 0.25) is 0 Å². The molecule has 8 heteroatoms. The van der Waals surface area contributed by atoms with Crippen LogP contribution in [0.4, 0.5) is 5.69 Å². The maximum atomic E-state index is 12.7. The van der Waals surface area contributed by atoms with Gasteiger partial charge in [0, 0.05) is 31.8 Å². The van der Waals surface area contributed by atoms with Crippen molar-refractivity contribution < 1.29 is 4.92 Å². The Labute approximate surface area is 178 Å². The van der Waals surface area contributed by atoms with E-state index in [1.54, 1.807) is 0 Å². The highest BCUT2D eigenvalue weighted by molar-refractivity contribution is 5.79. The highest BCUT2D eigenvalue weighted by Crippen LogP contribution is 2.22. The molecule has 0 unspecified atom stereocenters. The van der Waals surface area contributed by atoms with Gasteiger partial charge in [0.2, 0.25) is 0 Å². The summed E-state index contributed by atoms with van der Waals surface area (Å²) in [5.74, 6) is 0. The first-order valence-corrected chi connectivity index (χ1v) is 10.4. The molecule has 0 bridgehead atoms. The van der Waals surface area contributed by atoms with Crippen molar-refractivity contribution >= 4 is 22.2 Å². The van der Waals surface area contributed by atoms with E-state index in [0.29, 0.717) is 13.0 Å². The van der Waals surface area contributed by atoms with Crippen LogP contribution in [-0.2, 0) is 6.54 Å². The Bertz CT molecular complexity index is 1240. The van der Waals surface area contributed by atoms with Crippen LogP contribution in [0.1, 0.15) is 24.8 Å². The fourth-order valence-electron chi connectivity index (χ4n) is 3.99. The molecule has 0 amide bonds. The highest BCUT2D eigenvalue weighted by Gasteiger charge is 2.14. The van der Waals surface area contributed by atoms with Gasteiger partial charge in [0.15, 0.2) is 0 Å². The molecule has 31 heavy (non-hydrogen) atoms. The fraction of sp³-hybridized carbons (Fsp3) is 0.304. The summed E-state index contributed by atoms with van der Waals surface area (Å²) in [6.45, 7) is 3.13. The number of H-pyrrole nitrogens is 1. The van der Waals surface area contributed by atoms with E-state index in [1.807, 2.05) is 6.07 Å². The Hall–Kier alpha value is -3.52. The van der Waals surface area contributed by atoms with Gasteiger partial charge in [-0.25, -0.2) is 4.79 Å². The summed E-state index contributed by atoms with van der Waals surface area (Å²) in [6.07, 6.45) is 4.86. The minimum Gasteiger partial charge on any atom is -0.306 e. The molecule has 0 radical (unpaired) electrons. The van der Waals surface area contributed by atoms with Gasteiger partial charge >= 0.3 is 5.69 Å². The van der Waals surface area contributed by atoms with Gasteiger partial charge in [0.25, 0.3) is 11.2 Å². The van der Waals surface area contributed by atoms with Crippen LogP contribution < -0.4 is 11.2 Å². The molecular weight excluding hydrogens is 396 g/mol. The third-order valence-electron chi connectivity index (χ3n) is 5.72. The number of nitro groups is 1. The molecule has 2 heterocycles. The Balaban J connectivity index is 1.34. The smallest absolute Gasteiger partial charge is 0.306 e. The zero-order valence-corrected chi connectivity index (χ0v) is 17.1. The van der Waals surface area contributed by atoms with Crippen LogP contribution in [-0.4, -0.2) is 39.0 Å². The molecule has 0 saturated heterocycles. The lowest BCUT2D eigenvalue weighted by atomic mass is 9.99. The second-order valence-corrected chi connectivity index (χ2v) is 7.73. The second-order valence-electron chi connectivity index (χ2n) is 7.73. The number of non-ortho nitro benzene ring substituents is 1. The van der Waals surface area contributed by atoms with Crippen LogP contribution in [0.5, 0.6) is 0 Å². The van der Waals surface area contributed by atoms with E-state index < -0.39 is 16.2 Å². The standard InChI is InChI=1S/C23H24N4O4/c28-22-20-9-8-19(27(30)31)16-21(20)24-23(29)26(22)13-5-4-12-25-14-10-18(11-15-25)17-6-2-1-3-7-17/h1-3,6-10,16H,4-5,11-15H2,(H,24,29). The molecule has 1 aromatic heterocycles. The van der Waals surface area contributed by atoms with Gasteiger partial charge in [0.05, 0.1) is 15.8 Å². The van der Waals surface area contributed by atoms with Gasteiger partial charge in [0.1, 0.15) is 0 Å². The Kier molecular flexibility index (Phi) is 6.08. The minimum absolute atomic E-state index is 0.161. The summed E-state index contributed by atoms with van der Waals surface area (Å²) < 4.78 is 1.18. The normalized spacial score (nSPS) is 14.5. The zero-order chi connectivity index (χ0) is 21.8. The molecule has 4 rings (SSSR count). The average Bonchev–Trinajstić information content (AvgIpc) is 2.79. The first kappa shape index (κ1) is 20.7. The number of hydrogen-bond donors (Lipinski definition) is 1. The van der Waals surface area contributed by atoms with Crippen molar-refractivity contribution in [2.24, 2.45) is 0 Å². The van der Waals surface area contributed by atoms with Crippen LogP contribution >= 0.6 is 0 Å². The Morgan fingerprint density at radius 2 is 1.81 bits per heavy atom. The van der Waals surface area contributed by atoms with Crippen LogP contribution in [0.25, 0.3) is 16.5 Å². The van der Waals surface area contributed by atoms with Crippen LogP contribution in [0.3, 0.4) is 0 Å². The summed E-state index contributed by atoms with van der Waals surface area (Å²) in [6, 6.07) is 14.3. The number of nitrogens with zero attached hydrogens (tertiary/aromatic N) is 3. The maximum Gasteiger partial charge on any atom is 0.328 e. The predicted octanol–water partition coefficient (Wildman–Crippen LogP) is 3.17. The van der Waals surface area contributed by atoms with Gasteiger partial charge < -0.3 is 4.98 Å². The Morgan fingerprint density at radius 3 is 2.52 bits per heavy atom. The molecule has 8 nitrogen and oxygen atoms in total. The van der Waals surface area contributed by atoms with Gasteiger partial charge in [-0.05, 0) is 43.0 Å². The zero-order valence-electron chi connectivity index (χ0n) is 17.1. The summed E-state index contributed by atoms with van der Waals surface area (Å²) in [4.78, 5) is 40.3. The minimum atomic E-state index is -0.554. The van der Waals surface area contributed by atoms with Gasteiger partial charge in [-0.2, -0.15) is 0 Å². The number of nitrogens with one attached hydrogen (secondary N) is 1. The molecule has 3 aromatic rings. The van der Waals surface area contributed by atoms with Crippen molar-refractivity contribution in [1.29, 1.82) is 0 Å². The number of nitro benzene ring substituents is 1. The van der Waals surface area contributed by atoms with E-state index in [0.717, 1.165) is 32.5 Å². The highest BCUT2D eigenvalue weighted by atomic mass is 16.6. The molecule has 1 aliphatic heterocycles. The molecule has 1 N–H and O–H groups in total. The molecular formula is C23H24N4O4. The van der Waals surface area contributed by atoms with Gasteiger partial charge in [-0.1, -0.05) is 36.4 Å². The number of benzene rings is 2. The molecule has 0 aliphatic carbocycles. The van der Waals surface area contributed by atoms with Crippen molar-refractivity contribution in [3.63, 3.8) is 0 Å². The monoisotopic (exact) mass is 420 g/mol. The van der Waals surface area contributed by atoms with E-state index in [-0.39, 0.29) is 16.6 Å².